The molecule has 6 heteroatoms. The van der Waals surface area contributed by atoms with Crippen LogP contribution in [-0.2, 0) is 9.53 Å². The summed E-state index contributed by atoms with van der Waals surface area (Å²) in [5.41, 5.74) is 0. The van der Waals surface area contributed by atoms with Crippen LogP contribution in [0.25, 0.3) is 0 Å². The van der Waals surface area contributed by atoms with Gasteiger partial charge in [-0.3, -0.25) is 4.79 Å². The molecule has 2 fully saturated rings. The number of rotatable bonds is 1. The molecule has 2 saturated heterocycles. The Balaban J connectivity index is 1.86. The molecule has 0 spiro atoms. The molecule has 0 aromatic heterocycles. The van der Waals surface area contributed by atoms with E-state index in [0.29, 0.717) is 19.5 Å². The first-order valence-corrected chi connectivity index (χ1v) is 6.10. The largest absolute Gasteiger partial charge is 0.436 e. The molecule has 1 N–H and O–H groups in total. The van der Waals surface area contributed by atoms with E-state index < -0.39 is 6.10 Å². The summed E-state index contributed by atoms with van der Waals surface area (Å²) in [4.78, 5) is 26.9. The van der Waals surface area contributed by atoms with E-state index in [0.717, 1.165) is 26.1 Å². The van der Waals surface area contributed by atoms with Crippen LogP contribution in [0.4, 0.5) is 4.79 Å². The van der Waals surface area contributed by atoms with Gasteiger partial charge in [-0.1, -0.05) is 0 Å². The summed E-state index contributed by atoms with van der Waals surface area (Å²) >= 11 is 0. The molecule has 2 rings (SSSR count). The number of nitrogens with zero attached hydrogens (tertiary/aromatic N) is 2. The Morgan fingerprint density at radius 1 is 1.35 bits per heavy atom. The molecule has 17 heavy (non-hydrogen) atoms. The SMILES string of the molecule is CN1CCCC(OC(=O)N2CCNCC2)C1=O. The number of piperazine rings is 1. The number of carbonyl (C=O) groups is 2. The fourth-order valence-corrected chi connectivity index (χ4v) is 2.15. The fourth-order valence-electron chi connectivity index (χ4n) is 2.15. The zero-order valence-corrected chi connectivity index (χ0v) is 10.1. The van der Waals surface area contributed by atoms with Gasteiger partial charge in [-0.15, -0.1) is 0 Å². The van der Waals surface area contributed by atoms with Crippen molar-refractivity contribution >= 4 is 12.0 Å². The predicted octanol–water partition coefficient (Wildman–Crippen LogP) is -0.351. The van der Waals surface area contributed by atoms with Crippen LogP contribution in [0.3, 0.4) is 0 Å². The first-order valence-electron chi connectivity index (χ1n) is 6.10. The minimum atomic E-state index is -0.587. The topological polar surface area (TPSA) is 61.9 Å². The van der Waals surface area contributed by atoms with E-state index in [-0.39, 0.29) is 12.0 Å². The van der Waals surface area contributed by atoms with Gasteiger partial charge in [0.15, 0.2) is 6.10 Å². The van der Waals surface area contributed by atoms with Crippen LogP contribution in [0.2, 0.25) is 0 Å². The molecule has 2 amide bonds. The van der Waals surface area contributed by atoms with Gasteiger partial charge < -0.3 is 19.9 Å². The summed E-state index contributed by atoms with van der Waals surface area (Å²) in [6.07, 6.45) is 0.583. The van der Waals surface area contributed by atoms with Crippen molar-refractivity contribution in [2.45, 2.75) is 18.9 Å². The Morgan fingerprint density at radius 3 is 2.76 bits per heavy atom. The molecule has 0 aromatic rings. The van der Waals surface area contributed by atoms with Crippen molar-refractivity contribution in [3.8, 4) is 0 Å². The van der Waals surface area contributed by atoms with Crippen LogP contribution < -0.4 is 5.32 Å². The van der Waals surface area contributed by atoms with E-state index in [1.54, 1.807) is 16.8 Å². The van der Waals surface area contributed by atoms with Crippen molar-refractivity contribution in [2.24, 2.45) is 0 Å². The Bertz CT molecular complexity index is 302. The lowest BCUT2D eigenvalue weighted by molar-refractivity contribution is -0.143. The summed E-state index contributed by atoms with van der Waals surface area (Å²) in [5, 5.41) is 3.16. The Labute approximate surface area is 101 Å². The number of ether oxygens (including phenoxy) is 1. The lowest BCUT2D eigenvalue weighted by atomic mass is 10.1. The maximum atomic E-state index is 11.8. The highest BCUT2D eigenvalue weighted by Crippen LogP contribution is 2.14. The molecule has 0 saturated carbocycles. The monoisotopic (exact) mass is 241 g/mol. The number of carbonyl (C=O) groups excluding carboxylic acids is 2. The standard InChI is InChI=1S/C11H19N3O3/c1-13-6-2-3-9(10(13)15)17-11(16)14-7-4-12-5-8-14/h9,12H,2-8H2,1H3. The van der Waals surface area contributed by atoms with Crippen molar-refractivity contribution in [3.63, 3.8) is 0 Å². The highest BCUT2D eigenvalue weighted by Gasteiger charge is 2.31. The van der Waals surface area contributed by atoms with Gasteiger partial charge in [-0.2, -0.15) is 0 Å². The Kier molecular flexibility index (Phi) is 3.83. The molecule has 0 bridgehead atoms. The zero-order chi connectivity index (χ0) is 12.3. The second-order valence-electron chi connectivity index (χ2n) is 4.51. The van der Waals surface area contributed by atoms with E-state index in [4.69, 9.17) is 4.74 Å². The quantitative estimate of drug-likeness (QED) is 0.681. The first-order chi connectivity index (χ1) is 8.18. The molecular formula is C11H19N3O3. The maximum absolute atomic E-state index is 11.8. The van der Waals surface area contributed by atoms with Crippen molar-refractivity contribution in [3.05, 3.63) is 0 Å². The van der Waals surface area contributed by atoms with Gasteiger partial charge in [0, 0.05) is 39.8 Å². The van der Waals surface area contributed by atoms with E-state index in [1.807, 2.05) is 0 Å². The molecule has 6 nitrogen and oxygen atoms in total. The molecule has 2 aliphatic rings. The van der Waals surface area contributed by atoms with Crippen LogP contribution in [0.5, 0.6) is 0 Å². The van der Waals surface area contributed by atoms with Gasteiger partial charge in [0.05, 0.1) is 0 Å². The molecular weight excluding hydrogens is 222 g/mol. The van der Waals surface area contributed by atoms with E-state index >= 15 is 0 Å². The highest BCUT2D eigenvalue weighted by molar-refractivity contribution is 5.84. The van der Waals surface area contributed by atoms with Gasteiger partial charge in [-0.05, 0) is 12.8 Å². The zero-order valence-electron chi connectivity index (χ0n) is 10.1. The van der Waals surface area contributed by atoms with Gasteiger partial charge >= 0.3 is 6.09 Å². The van der Waals surface area contributed by atoms with E-state index in [2.05, 4.69) is 5.32 Å². The second-order valence-corrected chi connectivity index (χ2v) is 4.51. The number of likely N-dealkylation sites (tertiary alicyclic amines) is 1. The van der Waals surface area contributed by atoms with Crippen LogP contribution >= 0.6 is 0 Å². The number of likely N-dealkylation sites (N-methyl/N-ethyl adjacent to an activating group) is 1. The summed E-state index contributed by atoms with van der Waals surface area (Å²) in [5.74, 6) is -0.0836. The molecule has 0 aliphatic carbocycles. The average molecular weight is 241 g/mol. The summed E-state index contributed by atoms with van der Waals surface area (Å²) in [6.45, 7) is 3.62. The lowest BCUT2D eigenvalue weighted by Crippen LogP contribution is -2.50. The number of amides is 2. The van der Waals surface area contributed by atoms with Crippen molar-refractivity contribution in [2.75, 3.05) is 39.8 Å². The van der Waals surface area contributed by atoms with Gasteiger partial charge in [0.2, 0.25) is 0 Å². The van der Waals surface area contributed by atoms with Crippen molar-refractivity contribution in [1.82, 2.24) is 15.1 Å². The Morgan fingerprint density at radius 2 is 2.06 bits per heavy atom. The molecule has 2 aliphatic heterocycles. The highest BCUT2D eigenvalue weighted by atomic mass is 16.6. The summed E-state index contributed by atoms with van der Waals surface area (Å²) < 4.78 is 5.28. The van der Waals surface area contributed by atoms with Gasteiger partial charge in [0.25, 0.3) is 5.91 Å². The maximum Gasteiger partial charge on any atom is 0.410 e. The number of nitrogens with one attached hydrogen (secondary N) is 1. The van der Waals surface area contributed by atoms with Crippen molar-refractivity contribution in [1.29, 1.82) is 0 Å². The van der Waals surface area contributed by atoms with Crippen LogP contribution in [0.1, 0.15) is 12.8 Å². The minimum Gasteiger partial charge on any atom is -0.436 e. The van der Waals surface area contributed by atoms with E-state index in [9.17, 15) is 9.59 Å². The minimum absolute atomic E-state index is 0.0836. The molecule has 96 valence electrons. The third-order valence-corrected chi connectivity index (χ3v) is 3.23. The first kappa shape index (κ1) is 12.2. The van der Waals surface area contributed by atoms with Gasteiger partial charge in [0.1, 0.15) is 0 Å². The smallest absolute Gasteiger partial charge is 0.410 e. The van der Waals surface area contributed by atoms with Crippen LogP contribution in [0, 0.1) is 0 Å². The molecule has 0 radical (unpaired) electrons. The summed E-state index contributed by atoms with van der Waals surface area (Å²) in [6, 6.07) is 0. The van der Waals surface area contributed by atoms with E-state index in [1.165, 1.54) is 0 Å². The lowest BCUT2D eigenvalue weighted by Gasteiger charge is -2.32. The average Bonchev–Trinajstić information content (AvgIpc) is 2.36. The van der Waals surface area contributed by atoms with Gasteiger partial charge in [-0.25, -0.2) is 4.79 Å². The molecule has 1 unspecified atom stereocenters. The number of piperidine rings is 1. The van der Waals surface area contributed by atoms with Crippen LogP contribution in [-0.4, -0.2) is 67.7 Å². The number of hydrogen-bond donors (Lipinski definition) is 1. The molecule has 0 aromatic carbocycles. The molecule has 1 atom stereocenters. The summed E-state index contributed by atoms with van der Waals surface area (Å²) in [7, 11) is 1.74. The number of hydrogen-bond acceptors (Lipinski definition) is 4. The third kappa shape index (κ3) is 2.88. The second kappa shape index (κ2) is 5.35. The molecule has 2 heterocycles. The Hall–Kier alpha value is -1.30. The van der Waals surface area contributed by atoms with Crippen LogP contribution in [0.15, 0.2) is 0 Å². The van der Waals surface area contributed by atoms with Crippen molar-refractivity contribution < 1.29 is 14.3 Å². The predicted molar refractivity (Wildman–Crippen MR) is 61.6 cm³/mol. The third-order valence-electron chi connectivity index (χ3n) is 3.23. The fraction of sp³-hybridized carbons (Fsp3) is 0.818. The normalized spacial score (nSPS) is 25.9.